The third-order valence-electron chi connectivity index (χ3n) is 7.02. The van der Waals surface area contributed by atoms with Gasteiger partial charge in [-0.15, -0.1) is 5.10 Å². The number of alkyl halides is 2. The zero-order valence-electron chi connectivity index (χ0n) is 24.4. The molecule has 230 valence electrons. The Hall–Kier alpha value is -5.12. The second-order valence-corrected chi connectivity index (χ2v) is 10.7. The Morgan fingerprint density at radius 2 is 1.58 bits per heavy atom. The first-order chi connectivity index (χ1) is 21.5. The molecule has 0 spiro atoms. The van der Waals surface area contributed by atoms with Gasteiger partial charge in [0, 0.05) is 47.7 Å². The summed E-state index contributed by atoms with van der Waals surface area (Å²) in [6, 6.07) is 20.1. The minimum absolute atomic E-state index is 0.343. The highest BCUT2D eigenvalue weighted by Crippen LogP contribution is 2.46. The van der Waals surface area contributed by atoms with Crippen molar-refractivity contribution in [1.29, 1.82) is 0 Å². The molecule has 0 amide bonds. The van der Waals surface area contributed by atoms with Crippen LogP contribution in [0.1, 0.15) is 33.5 Å². The number of aliphatic hydroxyl groups is 1. The molecule has 5 rings (SSSR count). The van der Waals surface area contributed by atoms with Crippen molar-refractivity contribution in [2.75, 3.05) is 19.4 Å². The van der Waals surface area contributed by atoms with Crippen LogP contribution in [0.25, 0.3) is 0 Å². The fourth-order valence-corrected chi connectivity index (χ4v) is 4.68. The lowest BCUT2D eigenvalue weighted by Gasteiger charge is -2.35. The third-order valence-corrected chi connectivity index (χ3v) is 7.02. The number of anilines is 1. The van der Waals surface area contributed by atoms with Gasteiger partial charge in [-0.2, -0.15) is 8.78 Å². The number of aromatic nitrogens is 5. The number of hydrogen-bond acceptors (Lipinski definition) is 7. The molecule has 2 heterocycles. The molecule has 2 N–H and O–H groups in total. The molecule has 0 fully saturated rings. The van der Waals surface area contributed by atoms with E-state index in [9.17, 15) is 13.9 Å². The highest BCUT2D eigenvalue weighted by molar-refractivity contribution is 5.47. The van der Waals surface area contributed by atoms with Gasteiger partial charge >= 0.3 is 5.92 Å². The second-order valence-electron chi connectivity index (χ2n) is 10.7. The van der Waals surface area contributed by atoms with Crippen molar-refractivity contribution in [3.05, 3.63) is 137 Å². The number of nitrogens with one attached hydrogen (secondary N) is 1. The zero-order chi connectivity index (χ0) is 32.0. The number of tetrazole rings is 1. The zero-order valence-corrected chi connectivity index (χ0v) is 24.4. The lowest BCUT2D eigenvalue weighted by Crippen LogP contribution is -2.48. The minimum atomic E-state index is -4.15. The van der Waals surface area contributed by atoms with E-state index < -0.39 is 41.0 Å². The number of nitrogens with zero attached hydrogens (tertiary/aromatic N) is 6. The van der Waals surface area contributed by atoms with E-state index in [0.29, 0.717) is 23.7 Å². The molecule has 8 nitrogen and oxygen atoms in total. The number of benzene rings is 3. The molecule has 0 saturated heterocycles. The van der Waals surface area contributed by atoms with Crippen LogP contribution < -0.4 is 5.32 Å². The van der Waals surface area contributed by atoms with Crippen LogP contribution in [0.3, 0.4) is 0 Å². The van der Waals surface area contributed by atoms with Crippen molar-refractivity contribution in [2.24, 2.45) is 0 Å². The van der Waals surface area contributed by atoms with E-state index in [0.717, 1.165) is 53.2 Å². The van der Waals surface area contributed by atoms with Gasteiger partial charge in [-0.25, -0.2) is 13.5 Å². The van der Waals surface area contributed by atoms with Crippen molar-refractivity contribution in [1.82, 2.24) is 30.1 Å². The Labute approximate surface area is 257 Å². The number of pyridine rings is 1. The van der Waals surface area contributed by atoms with Crippen LogP contribution in [0, 0.1) is 23.5 Å². The molecule has 1 atom stereocenters. The summed E-state index contributed by atoms with van der Waals surface area (Å²) in [5.74, 6) is -0.631. The van der Waals surface area contributed by atoms with Crippen LogP contribution in [-0.2, 0) is 31.2 Å². The second kappa shape index (κ2) is 13.3. The first kappa shape index (κ1) is 31.3. The number of hydrogen-bond donors (Lipinski definition) is 2. The average molecular weight is 616 g/mol. The van der Waals surface area contributed by atoms with Crippen molar-refractivity contribution < 1.29 is 22.7 Å². The molecule has 0 aliphatic rings. The van der Waals surface area contributed by atoms with E-state index in [1.54, 1.807) is 0 Å². The molecule has 0 aliphatic heterocycles. The molecular formula is C33H29F4N7O. The van der Waals surface area contributed by atoms with Crippen molar-refractivity contribution in [3.8, 4) is 11.8 Å². The topological polar surface area (TPSA) is 92.0 Å². The summed E-state index contributed by atoms with van der Waals surface area (Å²) in [6.45, 7) is 0.565. The molecule has 0 bridgehead atoms. The fraction of sp³-hybridized carbons (Fsp3) is 0.212. The minimum Gasteiger partial charge on any atom is -0.381 e. The Bertz CT molecular complexity index is 1780. The summed E-state index contributed by atoms with van der Waals surface area (Å²) in [7, 11) is 4.06. The summed E-state index contributed by atoms with van der Waals surface area (Å²) in [5, 5.41) is 24.9. The fourth-order valence-electron chi connectivity index (χ4n) is 4.68. The van der Waals surface area contributed by atoms with Crippen LogP contribution in [0.2, 0.25) is 0 Å². The van der Waals surface area contributed by atoms with Gasteiger partial charge in [-0.1, -0.05) is 36.1 Å². The summed E-state index contributed by atoms with van der Waals surface area (Å²) < 4.78 is 60.9. The molecule has 0 radical (unpaired) electrons. The third kappa shape index (κ3) is 7.34. The highest BCUT2D eigenvalue weighted by atomic mass is 19.3. The maximum Gasteiger partial charge on any atom is 0.323 e. The summed E-state index contributed by atoms with van der Waals surface area (Å²) >= 11 is 0. The summed E-state index contributed by atoms with van der Waals surface area (Å²) in [4.78, 5) is 5.95. The molecule has 45 heavy (non-hydrogen) atoms. The molecule has 2 aromatic heterocycles. The van der Waals surface area contributed by atoms with Crippen molar-refractivity contribution >= 4 is 5.69 Å². The number of rotatable bonds is 10. The molecule has 3 aromatic carbocycles. The van der Waals surface area contributed by atoms with Gasteiger partial charge < -0.3 is 15.3 Å². The van der Waals surface area contributed by atoms with Gasteiger partial charge in [0.25, 0.3) is 0 Å². The standard InChI is InChI=1S/C33H29F4N7O/c1-43(2)20-26-9-13-28(14-10-26)38-18-24-6-3-23(4-7-24)5-8-25-11-16-31(39-19-25)33(36,37)32(45,21-44-22-40-41-42-44)29-15-12-27(34)17-30(29)35/h3-4,6-7,9-17,19,22,38,45H,18,20-21H2,1-2H3. The average Bonchev–Trinajstić information content (AvgIpc) is 3.53. The largest absolute Gasteiger partial charge is 0.381 e. The predicted molar refractivity (Wildman–Crippen MR) is 160 cm³/mol. The Morgan fingerprint density at radius 3 is 2.20 bits per heavy atom. The predicted octanol–water partition coefficient (Wildman–Crippen LogP) is 5.10. The Balaban J connectivity index is 1.28. The molecule has 12 heteroatoms. The van der Waals surface area contributed by atoms with Gasteiger partial charge in [0.1, 0.15) is 23.7 Å². The van der Waals surface area contributed by atoms with E-state index >= 15 is 8.78 Å². The maximum absolute atomic E-state index is 15.9. The van der Waals surface area contributed by atoms with E-state index in [-0.39, 0.29) is 0 Å². The highest BCUT2D eigenvalue weighted by Gasteiger charge is 2.58. The first-order valence-electron chi connectivity index (χ1n) is 13.8. The van der Waals surface area contributed by atoms with Gasteiger partial charge in [0.2, 0.25) is 0 Å². The van der Waals surface area contributed by atoms with Crippen molar-refractivity contribution in [2.45, 2.75) is 31.2 Å². The van der Waals surface area contributed by atoms with Crippen LogP contribution in [0.5, 0.6) is 0 Å². The quantitative estimate of drug-likeness (QED) is 0.167. The van der Waals surface area contributed by atoms with Gasteiger partial charge in [-0.3, -0.25) is 4.98 Å². The van der Waals surface area contributed by atoms with E-state index in [2.05, 4.69) is 54.7 Å². The maximum atomic E-state index is 15.9. The lowest BCUT2D eigenvalue weighted by molar-refractivity contribution is -0.207. The van der Waals surface area contributed by atoms with Gasteiger partial charge in [0.05, 0.1) is 6.54 Å². The molecule has 0 aliphatic carbocycles. The molecule has 0 saturated carbocycles. The van der Waals surface area contributed by atoms with Crippen LogP contribution in [0.4, 0.5) is 23.2 Å². The van der Waals surface area contributed by atoms with Crippen LogP contribution in [-0.4, -0.2) is 49.3 Å². The first-order valence-corrected chi connectivity index (χ1v) is 13.8. The Morgan fingerprint density at radius 1 is 0.889 bits per heavy atom. The van der Waals surface area contributed by atoms with Gasteiger partial charge in [-0.05, 0) is 84.2 Å². The monoisotopic (exact) mass is 615 g/mol. The Kier molecular flexibility index (Phi) is 9.22. The molecule has 1 unspecified atom stereocenters. The van der Waals surface area contributed by atoms with Crippen molar-refractivity contribution in [3.63, 3.8) is 0 Å². The van der Waals surface area contributed by atoms with Gasteiger partial charge in [0.15, 0.2) is 5.60 Å². The number of halogens is 4. The van der Waals surface area contributed by atoms with E-state index in [1.165, 1.54) is 11.6 Å². The van der Waals surface area contributed by atoms with Crippen LogP contribution in [0.15, 0.2) is 91.4 Å². The SMILES string of the molecule is CN(C)Cc1ccc(NCc2ccc(C#Cc3ccc(C(F)(F)C(O)(Cn4cnnn4)c4ccc(F)cc4F)nc3)cc2)cc1. The molecular weight excluding hydrogens is 586 g/mol. The molecule has 5 aromatic rings. The van der Waals surface area contributed by atoms with E-state index in [1.807, 2.05) is 50.5 Å². The smallest absolute Gasteiger partial charge is 0.323 e. The van der Waals surface area contributed by atoms with Crippen LogP contribution >= 0.6 is 0 Å². The normalized spacial score (nSPS) is 12.8. The summed E-state index contributed by atoms with van der Waals surface area (Å²) in [5.41, 5.74) is -0.554. The summed E-state index contributed by atoms with van der Waals surface area (Å²) in [6.07, 6.45) is 2.12. The lowest BCUT2D eigenvalue weighted by atomic mass is 9.84. The van der Waals surface area contributed by atoms with E-state index in [4.69, 9.17) is 0 Å².